The molecular weight excluding hydrogens is 288 g/mol. The molecule has 1 saturated carbocycles. The van der Waals surface area contributed by atoms with E-state index in [1.807, 2.05) is 30.3 Å². The highest BCUT2D eigenvalue weighted by Crippen LogP contribution is 2.38. The second-order valence-electron chi connectivity index (χ2n) is 7.00. The van der Waals surface area contributed by atoms with Crippen molar-refractivity contribution in [2.24, 2.45) is 17.8 Å². The standard InChI is InChI=1S/C19H26N2O2/c1-3-15-12(2)16-10-9-14(11-17(16)21-19(15)23)20-18(22)13-7-5-4-6-8-13/h4-8,12,14-17H,3,9-11H2,1-2H3,(H,20,22)(H,21,23). The van der Waals surface area contributed by atoms with Gasteiger partial charge in [0.2, 0.25) is 5.91 Å². The fourth-order valence-corrected chi connectivity index (χ4v) is 4.36. The molecule has 4 heteroatoms. The molecule has 2 amide bonds. The van der Waals surface area contributed by atoms with E-state index in [-0.39, 0.29) is 29.8 Å². The summed E-state index contributed by atoms with van der Waals surface area (Å²) in [5.74, 6) is 1.30. The van der Waals surface area contributed by atoms with Gasteiger partial charge in [0, 0.05) is 23.6 Å². The number of benzene rings is 1. The van der Waals surface area contributed by atoms with Gasteiger partial charge in [-0.25, -0.2) is 0 Å². The summed E-state index contributed by atoms with van der Waals surface area (Å²) < 4.78 is 0. The molecule has 0 spiro atoms. The van der Waals surface area contributed by atoms with Crippen molar-refractivity contribution in [3.63, 3.8) is 0 Å². The smallest absolute Gasteiger partial charge is 0.251 e. The number of fused-ring (bicyclic) bond motifs is 1. The first-order chi connectivity index (χ1) is 11.1. The summed E-state index contributed by atoms with van der Waals surface area (Å²) in [5, 5.41) is 6.34. The van der Waals surface area contributed by atoms with E-state index >= 15 is 0 Å². The van der Waals surface area contributed by atoms with Crippen molar-refractivity contribution in [3.8, 4) is 0 Å². The average molecular weight is 314 g/mol. The first-order valence-electron chi connectivity index (χ1n) is 8.76. The Hall–Kier alpha value is -1.84. The lowest BCUT2D eigenvalue weighted by Crippen LogP contribution is -2.58. The quantitative estimate of drug-likeness (QED) is 0.901. The molecule has 1 aliphatic heterocycles. The lowest BCUT2D eigenvalue weighted by atomic mass is 9.67. The normalized spacial score (nSPS) is 33.5. The highest BCUT2D eigenvalue weighted by Gasteiger charge is 2.43. The van der Waals surface area contributed by atoms with Crippen molar-refractivity contribution >= 4 is 11.8 Å². The van der Waals surface area contributed by atoms with Gasteiger partial charge in [-0.1, -0.05) is 32.0 Å². The van der Waals surface area contributed by atoms with E-state index in [2.05, 4.69) is 24.5 Å². The Morgan fingerprint density at radius 2 is 2.00 bits per heavy atom. The number of carbonyl (C=O) groups is 2. The number of hydrogen-bond acceptors (Lipinski definition) is 2. The van der Waals surface area contributed by atoms with Gasteiger partial charge in [0.25, 0.3) is 5.91 Å². The minimum Gasteiger partial charge on any atom is -0.353 e. The first-order valence-corrected chi connectivity index (χ1v) is 8.76. The highest BCUT2D eigenvalue weighted by molar-refractivity contribution is 5.94. The number of piperidine rings is 1. The molecule has 1 aromatic carbocycles. The Labute approximate surface area is 138 Å². The molecule has 1 saturated heterocycles. The lowest BCUT2D eigenvalue weighted by molar-refractivity contribution is -0.133. The van der Waals surface area contributed by atoms with Crippen LogP contribution in [0.1, 0.15) is 49.9 Å². The molecule has 0 aromatic heterocycles. The minimum absolute atomic E-state index is 0.0179. The summed E-state index contributed by atoms with van der Waals surface area (Å²) in [6.07, 6.45) is 3.82. The molecule has 124 valence electrons. The predicted molar refractivity (Wildman–Crippen MR) is 89.9 cm³/mol. The Morgan fingerprint density at radius 3 is 2.70 bits per heavy atom. The molecule has 5 atom stereocenters. The van der Waals surface area contributed by atoms with E-state index in [9.17, 15) is 9.59 Å². The number of amides is 2. The van der Waals surface area contributed by atoms with Crippen LogP contribution in [0.25, 0.3) is 0 Å². The average Bonchev–Trinajstić information content (AvgIpc) is 2.55. The van der Waals surface area contributed by atoms with Crippen LogP contribution in [0.15, 0.2) is 30.3 Å². The molecule has 1 aromatic rings. The zero-order valence-corrected chi connectivity index (χ0v) is 13.9. The third kappa shape index (κ3) is 3.26. The van der Waals surface area contributed by atoms with Gasteiger partial charge in [-0.05, 0) is 49.7 Å². The van der Waals surface area contributed by atoms with Crippen LogP contribution in [0.5, 0.6) is 0 Å². The van der Waals surface area contributed by atoms with E-state index in [0.29, 0.717) is 17.4 Å². The second-order valence-corrected chi connectivity index (χ2v) is 7.00. The zero-order valence-electron chi connectivity index (χ0n) is 13.9. The van der Waals surface area contributed by atoms with Crippen molar-refractivity contribution in [2.75, 3.05) is 0 Å². The van der Waals surface area contributed by atoms with Gasteiger partial charge in [-0.15, -0.1) is 0 Å². The van der Waals surface area contributed by atoms with Gasteiger partial charge < -0.3 is 10.6 Å². The maximum atomic E-state index is 12.3. The van der Waals surface area contributed by atoms with E-state index in [1.54, 1.807) is 0 Å². The second kappa shape index (κ2) is 6.73. The molecule has 23 heavy (non-hydrogen) atoms. The van der Waals surface area contributed by atoms with Crippen LogP contribution >= 0.6 is 0 Å². The summed E-state index contributed by atoms with van der Waals surface area (Å²) in [5.41, 5.74) is 0.696. The fraction of sp³-hybridized carbons (Fsp3) is 0.579. The Bertz CT molecular complexity index is 572. The van der Waals surface area contributed by atoms with Gasteiger partial charge in [0.05, 0.1) is 0 Å². The SMILES string of the molecule is CCC1C(=O)NC2CC(NC(=O)c3ccccc3)CCC2C1C. The molecule has 2 aliphatic rings. The van der Waals surface area contributed by atoms with Crippen molar-refractivity contribution < 1.29 is 9.59 Å². The summed E-state index contributed by atoms with van der Waals surface area (Å²) in [6, 6.07) is 9.67. The summed E-state index contributed by atoms with van der Waals surface area (Å²) >= 11 is 0. The Balaban J connectivity index is 1.62. The fourth-order valence-electron chi connectivity index (χ4n) is 4.36. The first kappa shape index (κ1) is 16.0. The number of rotatable bonds is 3. The third-order valence-electron chi connectivity index (χ3n) is 5.69. The molecule has 2 fully saturated rings. The van der Waals surface area contributed by atoms with Gasteiger partial charge >= 0.3 is 0 Å². The van der Waals surface area contributed by atoms with Crippen molar-refractivity contribution in [3.05, 3.63) is 35.9 Å². The summed E-state index contributed by atoms with van der Waals surface area (Å²) in [4.78, 5) is 24.5. The van der Waals surface area contributed by atoms with Crippen LogP contribution in [0.4, 0.5) is 0 Å². The Kier molecular flexibility index (Phi) is 4.69. The minimum atomic E-state index is -0.0179. The maximum absolute atomic E-state index is 12.3. The zero-order chi connectivity index (χ0) is 16.4. The van der Waals surface area contributed by atoms with Crippen LogP contribution in [0.3, 0.4) is 0 Å². The van der Waals surface area contributed by atoms with E-state index in [4.69, 9.17) is 0 Å². The molecule has 0 radical (unpaired) electrons. The van der Waals surface area contributed by atoms with Crippen LogP contribution < -0.4 is 10.6 Å². The van der Waals surface area contributed by atoms with E-state index < -0.39 is 0 Å². The molecule has 2 N–H and O–H groups in total. The van der Waals surface area contributed by atoms with Crippen LogP contribution in [0, 0.1) is 17.8 Å². The third-order valence-corrected chi connectivity index (χ3v) is 5.69. The maximum Gasteiger partial charge on any atom is 0.251 e. The van der Waals surface area contributed by atoms with Crippen molar-refractivity contribution in [2.45, 2.75) is 51.6 Å². The van der Waals surface area contributed by atoms with Gasteiger partial charge in [-0.2, -0.15) is 0 Å². The monoisotopic (exact) mass is 314 g/mol. The van der Waals surface area contributed by atoms with E-state index in [0.717, 1.165) is 25.7 Å². The molecule has 3 rings (SSSR count). The molecule has 0 bridgehead atoms. The number of carbonyl (C=O) groups excluding carboxylic acids is 2. The molecule has 1 aliphatic carbocycles. The highest BCUT2D eigenvalue weighted by atomic mass is 16.2. The van der Waals surface area contributed by atoms with Gasteiger partial charge in [0.15, 0.2) is 0 Å². The number of nitrogens with one attached hydrogen (secondary N) is 2. The largest absolute Gasteiger partial charge is 0.353 e. The van der Waals surface area contributed by atoms with Gasteiger partial charge in [0.1, 0.15) is 0 Å². The summed E-state index contributed by atoms with van der Waals surface area (Å²) in [7, 11) is 0. The number of hydrogen-bond donors (Lipinski definition) is 2. The Morgan fingerprint density at radius 1 is 1.26 bits per heavy atom. The van der Waals surface area contributed by atoms with Crippen LogP contribution in [-0.4, -0.2) is 23.9 Å². The molecular formula is C19H26N2O2. The molecule has 4 nitrogen and oxygen atoms in total. The molecule has 1 heterocycles. The van der Waals surface area contributed by atoms with Crippen LogP contribution in [-0.2, 0) is 4.79 Å². The van der Waals surface area contributed by atoms with Gasteiger partial charge in [-0.3, -0.25) is 9.59 Å². The lowest BCUT2D eigenvalue weighted by Gasteiger charge is -2.46. The predicted octanol–water partition coefficient (Wildman–Crippen LogP) is 2.75. The molecule has 5 unspecified atom stereocenters. The summed E-state index contributed by atoms with van der Waals surface area (Å²) in [6.45, 7) is 4.31. The topological polar surface area (TPSA) is 58.2 Å². The van der Waals surface area contributed by atoms with Crippen LogP contribution in [0.2, 0.25) is 0 Å². The van der Waals surface area contributed by atoms with Crippen molar-refractivity contribution in [1.82, 2.24) is 10.6 Å². The van der Waals surface area contributed by atoms with Crippen molar-refractivity contribution in [1.29, 1.82) is 0 Å². The van der Waals surface area contributed by atoms with E-state index in [1.165, 1.54) is 0 Å².